The molecular weight excluding hydrogens is 188 g/mol. The van der Waals surface area contributed by atoms with E-state index in [9.17, 15) is 4.79 Å². The molecule has 1 aliphatic carbocycles. The lowest BCUT2D eigenvalue weighted by atomic mass is 9.83. The first-order valence-corrected chi connectivity index (χ1v) is 6.03. The molecule has 0 aromatic carbocycles. The number of amides is 1. The van der Waals surface area contributed by atoms with Crippen molar-refractivity contribution in [2.45, 2.75) is 46.0 Å². The molecule has 3 heteroatoms. The highest BCUT2D eigenvalue weighted by atomic mass is 16.1. The summed E-state index contributed by atoms with van der Waals surface area (Å²) in [6, 6.07) is 0. The first-order valence-electron chi connectivity index (χ1n) is 6.03. The van der Waals surface area contributed by atoms with Crippen molar-refractivity contribution in [3.05, 3.63) is 0 Å². The van der Waals surface area contributed by atoms with Gasteiger partial charge in [0.2, 0.25) is 5.91 Å². The SMILES string of the molecule is CC(C)(CCCN)CNC(=O)C1CCC1. The highest BCUT2D eigenvalue weighted by molar-refractivity contribution is 5.79. The summed E-state index contributed by atoms with van der Waals surface area (Å²) in [7, 11) is 0. The number of hydrogen-bond acceptors (Lipinski definition) is 2. The van der Waals surface area contributed by atoms with Crippen LogP contribution in [-0.2, 0) is 4.79 Å². The Balaban J connectivity index is 2.18. The second-order valence-corrected chi connectivity index (χ2v) is 5.40. The predicted molar refractivity (Wildman–Crippen MR) is 62.4 cm³/mol. The Labute approximate surface area is 92.8 Å². The molecule has 1 rings (SSSR count). The molecule has 0 aromatic rings. The molecule has 0 bridgehead atoms. The molecule has 0 saturated heterocycles. The van der Waals surface area contributed by atoms with Gasteiger partial charge >= 0.3 is 0 Å². The van der Waals surface area contributed by atoms with E-state index in [1.807, 2.05) is 0 Å². The Bertz CT molecular complexity index is 210. The lowest BCUT2D eigenvalue weighted by molar-refractivity contribution is -0.127. The van der Waals surface area contributed by atoms with Crippen molar-refractivity contribution in [2.24, 2.45) is 17.1 Å². The minimum absolute atomic E-state index is 0.179. The summed E-state index contributed by atoms with van der Waals surface area (Å²) in [5.74, 6) is 0.553. The van der Waals surface area contributed by atoms with Gasteiger partial charge < -0.3 is 11.1 Å². The van der Waals surface area contributed by atoms with Crippen molar-refractivity contribution in [1.82, 2.24) is 5.32 Å². The summed E-state index contributed by atoms with van der Waals surface area (Å²) in [6.45, 7) is 5.88. The second kappa shape index (κ2) is 5.50. The van der Waals surface area contributed by atoms with Gasteiger partial charge in [-0.1, -0.05) is 20.3 Å². The van der Waals surface area contributed by atoms with Crippen LogP contribution in [0.15, 0.2) is 0 Å². The van der Waals surface area contributed by atoms with Gasteiger partial charge in [0.15, 0.2) is 0 Å². The third-order valence-electron chi connectivity index (χ3n) is 3.27. The molecule has 3 N–H and O–H groups in total. The molecule has 0 radical (unpaired) electrons. The molecule has 0 atom stereocenters. The van der Waals surface area contributed by atoms with Crippen molar-refractivity contribution in [2.75, 3.05) is 13.1 Å². The normalized spacial score (nSPS) is 17.3. The number of hydrogen-bond donors (Lipinski definition) is 2. The van der Waals surface area contributed by atoms with Crippen LogP contribution in [0.2, 0.25) is 0 Å². The van der Waals surface area contributed by atoms with Crippen LogP contribution in [0.1, 0.15) is 46.0 Å². The Morgan fingerprint density at radius 3 is 2.60 bits per heavy atom. The molecule has 1 amide bonds. The van der Waals surface area contributed by atoms with E-state index in [-0.39, 0.29) is 11.3 Å². The number of rotatable bonds is 6. The lowest BCUT2D eigenvalue weighted by Crippen LogP contribution is -2.39. The fourth-order valence-corrected chi connectivity index (χ4v) is 1.81. The zero-order valence-corrected chi connectivity index (χ0v) is 10.0. The Hall–Kier alpha value is -0.570. The van der Waals surface area contributed by atoms with Crippen LogP contribution in [0.3, 0.4) is 0 Å². The summed E-state index contributed by atoms with van der Waals surface area (Å²) in [5, 5.41) is 3.05. The Kier molecular flexibility index (Phi) is 4.58. The average Bonchev–Trinajstić information content (AvgIpc) is 2.09. The van der Waals surface area contributed by atoms with Gasteiger partial charge in [-0.05, 0) is 37.6 Å². The monoisotopic (exact) mass is 212 g/mol. The average molecular weight is 212 g/mol. The van der Waals surface area contributed by atoms with E-state index < -0.39 is 0 Å². The van der Waals surface area contributed by atoms with Crippen molar-refractivity contribution in [1.29, 1.82) is 0 Å². The smallest absolute Gasteiger partial charge is 0.223 e. The molecule has 0 unspecified atom stereocenters. The highest BCUT2D eigenvalue weighted by Gasteiger charge is 2.26. The quantitative estimate of drug-likeness (QED) is 0.703. The summed E-state index contributed by atoms with van der Waals surface area (Å²) in [4.78, 5) is 11.6. The predicted octanol–water partition coefficient (Wildman–Crippen LogP) is 1.67. The molecule has 0 aromatic heterocycles. The topological polar surface area (TPSA) is 55.1 Å². The van der Waals surface area contributed by atoms with Gasteiger partial charge in [0.25, 0.3) is 0 Å². The minimum atomic E-state index is 0.179. The number of carbonyl (C=O) groups excluding carboxylic acids is 1. The van der Waals surface area contributed by atoms with Crippen LogP contribution in [0, 0.1) is 11.3 Å². The van der Waals surface area contributed by atoms with Gasteiger partial charge in [0.1, 0.15) is 0 Å². The molecule has 3 nitrogen and oxygen atoms in total. The van der Waals surface area contributed by atoms with E-state index in [4.69, 9.17) is 5.73 Å². The fraction of sp³-hybridized carbons (Fsp3) is 0.917. The zero-order chi connectivity index (χ0) is 11.3. The summed E-state index contributed by atoms with van der Waals surface area (Å²) < 4.78 is 0. The molecule has 0 aliphatic heterocycles. The zero-order valence-electron chi connectivity index (χ0n) is 10.0. The fourth-order valence-electron chi connectivity index (χ4n) is 1.81. The van der Waals surface area contributed by atoms with Crippen molar-refractivity contribution in [3.8, 4) is 0 Å². The Morgan fingerprint density at radius 1 is 1.47 bits per heavy atom. The summed E-state index contributed by atoms with van der Waals surface area (Å²) in [5.41, 5.74) is 5.66. The van der Waals surface area contributed by atoms with E-state index in [0.29, 0.717) is 5.92 Å². The second-order valence-electron chi connectivity index (χ2n) is 5.40. The first-order chi connectivity index (χ1) is 7.05. The van der Waals surface area contributed by atoms with Gasteiger partial charge in [0, 0.05) is 12.5 Å². The first kappa shape index (κ1) is 12.5. The van der Waals surface area contributed by atoms with Crippen molar-refractivity contribution >= 4 is 5.91 Å². The highest BCUT2D eigenvalue weighted by Crippen LogP contribution is 2.27. The molecule has 1 aliphatic rings. The van der Waals surface area contributed by atoms with Gasteiger partial charge in [-0.3, -0.25) is 4.79 Å². The van der Waals surface area contributed by atoms with E-state index >= 15 is 0 Å². The van der Waals surface area contributed by atoms with E-state index in [2.05, 4.69) is 19.2 Å². The molecule has 88 valence electrons. The third kappa shape index (κ3) is 4.20. The van der Waals surface area contributed by atoms with E-state index in [1.54, 1.807) is 0 Å². The van der Waals surface area contributed by atoms with Gasteiger partial charge in [0.05, 0.1) is 0 Å². The molecule has 0 heterocycles. The van der Waals surface area contributed by atoms with Crippen molar-refractivity contribution < 1.29 is 4.79 Å². The van der Waals surface area contributed by atoms with Crippen LogP contribution in [0.5, 0.6) is 0 Å². The minimum Gasteiger partial charge on any atom is -0.355 e. The largest absolute Gasteiger partial charge is 0.355 e. The Morgan fingerprint density at radius 2 is 2.13 bits per heavy atom. The van der Waals surface area contributed by atoms with Crippen LogP contribution in [-0.4, -0.2) is 19.0 Å². The van der Waals surface area contributed by atoms with Gasteiger partial charge in [-0.25, -0.2) is 0 Å². The van der Waals surface area contributed by atoms with E-state index in [0.717, 1.165) is 38.8 Å². The van der Waals surface area contributed by atoms with Crippen LogP contribution in [0.25, 0.3) is 0 Å². The molecule has 1 saturated carbocycles. The third-order valence-corrected chi connectivity index (χ3v) is 3.27. The summed E-state index contributed by atoms with van der Waals surface area (Å²) in [6.07, 6.45) is 5.49. The van der Waals surface area contributed by atoms with Crippen molar-refractivity contribution in [3.63, 3.8) is 0 Å². The van der Waals surface area contributed by atoms with E-state index in [1.165, 1.54) is 6.42 Å². The number of nitrogens with one attached hydrogen (secondary N) is 1. The molecular formula is C12H24N2O. The number of nitrogens with two attached hydrogens (primary N) is 1. The summed E-state index contributed by atoms with van der Waals surface area (Å²) >= 11 is 0. The van der Waals surface area contributed by atoms with Gasteiger partial charge in [-0.15, -0.1) is 0 Å². The lowest BCUT2D eigenvalue weighted by Gasteiger charge is -2.29. The van der Waals surface area contributed by atoms with Gasteiger partial charge in [-0.2, -0.15) is 0 Å². The van der Waals surface area contributed by atoms with Crippen LogP contribution >= 0.6 is 0 Å². The maximum atomic E-state index is 11.6. The maximum absolute atomic E-state index is 11.6. The van der Waals surface area contributed by atoms with Crippen LogP contribution < -0.4 is 11.1 Å². The standard InChI is InChI=1S/C12H24N2O/c1-12(2,7-4-8-13)9-14-11(15)10-5-3-6-10/h10H,3-9,13H2,1-2H3,(H,14,15). The van der Waals surface area contributed by atoms with Crippen LogP contribution in [0.4, 0.5) is 0 Å². The molecule has 0 spiro atoms. The molecule has 15 heavy (non-hydrogen) atoms. The maximum Gasteiger partial charge on any atom is 0.223 e. The number of carbonyl (C=O) groups is 1. The molecule has 1 fully saturated rings.